The Kier molecular flexibility index (Phi) is 4.59. The highest BCUT2D eigenvalue weighted by atomic mass is 19.1. The second-order valence-electron chi connectivity index (χ2n) is 7.92. The highest BCUT2D eigenvalue weighted by Crippen LogP contribution is 2.41. The molecule has 0 spiro atoms. The second kappa shape index (κ2) is 7.26. The number of piperidine rings is 1. The molecule has 1 fully saturated rings. The summed E-state index contributed by atoms with van der Waals surface area (Å²) < 4.78 is 33.2. The summed E-state index contributed by atoms with van der Waals surface area (Å²) in [6, 6.07) is 10.4. The maximum absolute atomic E-state index is 13.7. The monoisotopic (exact) mass is 396 g/mol. The molecule has 6 heteroatoms. The van der Waals surface area contributed by atoms with E-state index in [4.69, 9.17) is 4.74 Å². The summed E-state index contributed by atoms with van der Waals surface area (Å²) in [4.78, 5) is 14.7. The number of halogens is 2. The Bertz CT molecular complexity index is 1020. The van der Waals surface area contributed by atoms with Crippen molar-refractivity contribution >= 4 is 22.9 Å². The molecule has 3 aliphatic rings. The molecule has 1 atom stereocenters. The van der Waals surface area contributed by atoms with Crippen LogP contribution in [0.25, 0.3) is 11.3 Å². The van der Waals surface area contributed by atoms with Gasteiger partial charge in [0, 0.05) is 35.5 Å². The van der Waals surface area contributed by atoms with E-state index >= 15 is 0 Å². The summed E-state index contributed by atoms with van der Waals surface area (Å²) in [6.45, 7) is 2.70. The van der Waals surface area contributed by atoms with E-state index in [1.165, 1.54) is 17.7 Å². The maximum atomic E-state index is 13.7. The Balaban J connectivity index is 1.40. The van der Waals surface area contributed by atoms with E-state index < -0.39 is 6.17 Å². The Morgan fingerprint density at radius 1 is 1.17 bits per heavy atom. The summed E-state index contributed by atoms with van der Waals surface area (Å²) in [5, 5.41) is 2.77. The molecule has 0 aliphatic carbocycles. The number of benzene rings is 2. The number of carbonyl (C=O) groups excluding carboxylic acids is 1. The van der Waals surface area contributed by atoms with Crippen molar-refractivity contribution in [1.82, 2.24) is 4.90 Å². The quantitative estimate of drug-likeness (QED) is 0.793. The van der Waals surface area contributed by atoms with Gasteiger partial charge in [0.2, 0.25) is 0 Å². The molecule has 2 aromatic rings. The summed E-state index contributed by atoms with van der Waals surface area (Å²) >= 11 is 0. The number of alkyl halides is 1. The van der Waals surface area contributed by atoms with Crippen molar-refractivity contribution in [3.8, 4) is 0 Å². The molecule has 2 aromatic carbocycles. The Hall–Kier alpha value is -2.73. The van der Waals surface area contributed by atoms with Crippen LogP contribution in [0.4, 0.5) is 14.5 Å². The van der Waals surface area contributed by atoms with E-state index in [1.54, 1.807) is 6.07 Å². The van der Waals surface area contributed by atoms with Gasteiger partial charge in [0.05, 0.1) is 5.57 Å². The number of amides is 1. The summed E-state index contributed by atoms with van der Waals surface area (Å²) in [7, 11) is 0. The van der Waals surface area contributed by atoms with Crippen molar-refractivity contribution in [3.05, 3.63) is 64.5 Å². The molecule has 29 heavy (non-hydrogen) atoms. The predicted octanol–water partition coefficient (Wildman–Crippen LogP) is 4.15. The van der Waals surface area contributed by atoms with Crippen LogP contribution in [0.1, 0.15) is 35.1 Å². The zero-order chi connectivity index (χ0) is 20.0. The zero-order valence-electron chi connectivity index (χ0n) is 16.0. The molecule has 4 nitrogen and oxygen atoms in total. The highest BCUT2D eigenvalue weighted by molar-refractivity contribution is 6.36. The lowest BCUT2D eigenvalue weighted by Gasteiger charge is -2.28. The van der Waals surface area contributed by atoms with Crippen LogP contribution in [-0.2, 0) is 22.6 Å². The molecule has 3 heterocycles. The van der Waals surface area contributed by atoms with Gasteiger partial charge >= 0.3 is 0 Å². The topological polar surface area (TPSA) is 41.6 Å². The van der Waals surface area contributed by atoms with Crippen LogP contribution in [0, 0.1) is 5.82 Å². The van der Waals surface area contributed by atoms with E-state index in [0.717, 1.165) is 37.1 Å². The van der Waals surface area contributed by atoms with Gasteiger partial charge < -0.3 is 15.0 Å². The lowest BCUT2D eigenvalue weighted by molar-refractivity contribution is -0.110. The second-order valence-corrected chi connectivity index (χ2v) is 7.92. The first kappa shape index (κ1) is 18.3. The van der Waals surface area contributed by atoms with Crippen LogP contribution in [0.15, 0.2) is 36.4 Å². The minimum atomic E-state index is -0.711. The Labute approximate surface area is 168 Å². The molecule has 150 valence electrons. The molecule has 0 radical (unpaired) electrons. The van der Waals surface area contributed by atoms with Gasteiger partial charge in [0.1, 0.15) is 24.4 Å². The van der Waals surface area contributed by atoms with Gasteiger partial charge in [-0.3, -0.25) is 4.79 Å². The predicted molar refractivity (Wildman–Crippen MR) is 107 cm³/mol. The van der Waals surface area contributed by atoms with E-state index in [1.807, 2.05) is 12.1 Å². The van der Waals surface area contributed by atoms with Crippen LogP contribution in [0.5, 0.6) is 0 Å². The molecule has 0 bridgehead atoms. The molecule has 3 aliphatic heterocycles. The van der Waals surface area contributed by atoms with Crippen LogP contribution in [0.2, 0.25) is 0 Å². The maximum Gasteiger partial charge on any atom is 0.260 e. The number of hydrogen-bond donors (Lipinski definition) is 1. The van der Waals surface area contributed by atoms with Gasteiger partial charge in [-0.1, -0.05) is 18.2 Å². The molecule has 1 N–H and O–H groups in total. The lowest BCUT2D eigenvalue weighted by Crippen LogP contribution is -2.37. The number of ether oxygens (including phenoxy) is 1. The third kappa shape index (κ3) is 3.42. The number of nitrogens with one attached hydrogen (secondary N) is 1. The van der Waals surface area contributed by atoms with Gasteiger partial charge in [0.25, 0.3) is 5.91 Å². The fourth-order valence-electron chi connectivity index (χ4n) is 4.43. The summed E-state index contributed by atoms with van der Waals surface area (Å²) in [5.41, 5.74) is 4.57. The van der Waals surface area contributed by atoms with Crippen molar-refractivity contribution in [2.45, 2.75) is 32.0 Å². The fraction of sp³-hybridized carbons (Fsp3) is 0.348. The molecule has 1 amide bonds. The molecular formula is C23H22F2N2O2. The fourth-order valence-corrected chi connectivity index (χ4v) is 4.43. The molecule has 1 unspecified atom stereocenters. The molecule has 0 aromatic heterocycles. The Morgan fingerprint density at radius 2 is 2.07 bits per heavy atom. The number of fused-ring (bicyclic) bond motifs is 2. The van der Waals surface area contributed by atoms with Crippen LogP contribution < -0.4 is 5.32 Å². The minimum Gasteiger partial charge on any atom is -0.487 e. The number of nitrogens with zero attached hydrogens (tertiary/aromatic N) is 1. The smallest absolute Gasteiger partial charge is 0.260 e. The van der Waals surface area contributed by atoms with Crippen molar-refractivity contribution in [2.24, 2.45) is 0 Å². The number of rotatable bonds is 3. The van der Waals surface area contributed by atoms with Gasteiger partial charge in [-0.25, -0.2) is 8.78 Å². The molecule has 5 rings (SSSR count). The van der Waals surface area contributed by atoms with Crippen LogP contribution >= 0.6 is 0 Å². The average Bonchev–Trinajstić information content (AvgIpc) is 3.25. The van der Waals surface area contributed by atoms with E-state index in [2.05, 4.69) is 16.3 Å². The van der Waals surface area contributed by atoms with E-state index in [-0.39, 0.29) is 11.7 Å². The SMILES string of the molecule is O=C1Nc2ccc(F)cc2C1=C1OCc2cc(CCN3CCCC(F)C3)ccc21. The number of anilines is 1. The van der Waals surface area contributed by atoms with E-state index in [0.29, 0.717) is 42.2 Å². The minimum absolute atomic E-state index is 0.275. The molecular weight excluding hydrogens is 374 g/mol. The zero-order valence-corrected chi connectivity index (χ0v) is 16.0. The van der Waals surface area contributed by atoms with E-state index in [9.17, 15) is 13.6 Å². The normalized spacial score (nSPS) is 23.5. The third-order valence-corrected chi connectivity index (χ3v) is 5.90. The van der Waals surface area contributed by atoms with Crippen molar-refractivity contribution < 1.29 is 18.3 Å². The van der Waals surface area contributed by atoms with Gasteiger partial charge in [-0.05, 0) is 49.6 Å². The van der Waals surface area contributed by atoms with Gasteiger partial charge in [-0.2, -0.15) is 0 Å². The number of hydrogen-bond acceptors (Lipinski definition) is 3. The number of likely N-dealkylation sites (tertiary alicyclic amines) is 1. The molecule has 0 saturated carbocycles. The van der Waals surface area contributed by atoms with Crippen molar-refractivity contribution in [1.29, 1.82) is 0 Å². The van der Waals surface area contributed by atoms with Gasteiger partial charge in [0.15, 0.2) is 0 Å². The van der Waals surface area contributed by atoms with Gasteiger partial charge in [-0.15, -0.1) is 0 Å². The standard InChI is InChI=1S/C23H22F2N2O2/c24-16-4-6-20-19(11-16)21(23(28)26-20)22-18-5-3-14(10-15(18)13-29-22)7-9-27-8-1-2-17(25)12-27/h3-6,10-11,17H,1-2,7-9,12-13H2,(H,26,28). The lowest BCUT2D eigenvalue weighted by atomic mass is 9.98. The molecule has 1 saturated heterocycles. The highest BCUT2D eigenvalue weighted by Gasteiger charge is 2.32. The van der Waals surface area contributed by atoms with Crippen molar-refractivity contribution in [3.63, 3.8) is 0 Å². The first-order valence-electron chi connectivity index (χ1n) is 10.1. The first-order valence-corrected chi connectivity index (χ1v) is 10.1. The van der Waals surface area contributed by atoms with Crippen molar-refractivity contribution in [2.75, 3.05) is 25.0 Å². The number of carbonyl (C=O) groups is 1. The largest absolute Gasteiger partial charge is 0.487 e. The first-order chi connectivity index (χ1) is 14.1. The summed E-state index contributed by atoms with van der Waals surface area (Å²) in [6.07, 6.45) is 1.72. The Morgan fingerprint density at radius 3 is 2.93 bits per heavy atom. The summed E-state index contributed by atoms with van der Waals surface area (Å²) in [5.74, 6) is -0.159. The average molecular weight is 396 g/mol. The van der Waals surface area contributed by atoms with Crippen LogP contribution in [-0.4, -0.2) is 36.6 Å². The van der Waals surface area contributed by atoms with Crippen LogP contribution in [0.3, 0.4) is 0 Å². The third-order valence-electron chi connectivity index (χ3n) is 5.90.